The third-order valence-electron chi connectivity index (χ3n) is 2.89. The number of thiazole rings is 1. The highest BCUT2D eigenvalue weighted by atomic mass is 32.1. The van der Waals surface area contributed by atoms with Crippen LogP contribution in [0.5, 0.6) is 0 Å². The highest BCUT2D eigenvalue weighted by Gasteiger charge is 2.15. The van der Waals surface area contributed by atoms with Crippen molar-refractivity contribution in [3.05, 3.63) is 45.4 Å². The maximum atomic E-state index is 12.3. The lowest BCUT2D eigenvalue weighted by molar-refractivity contribution is 0.0783. The molecule has 1 heterocycles. The van der Waals surface area contributed by atoms with Gasteiger partial charge in [0.2, 0.25) is 0 Å². The molecule has 1 aromatic heterocycles. The standard InChI is InChI=1S/C14H17N3OS/c1-9-6-11(15)4-5-13(9)14(18)17(3)7-12-8-19-10(2)16-12/h4-6,8H,7,15H2,1-3H3. The molecule has 0 radical (unpaired) electrons. The third kappa shape index (κ3) is 3.12. The SMILES string of the molecule is Cc1nc(CN(C)C(=O)c2ccc(N)cc2C)cs1. The van der Waals surface area contributed by atoms with Crippen molar-refractivity contribution in [2.45, 2.75) is 20.4 Å². The Balaban J connectivity index is 2.14. The van der Waals surface area contributed by atoms with E-state index in [0.717, 1.165) is 16.3 Å². The molecule has 0 aliphatic heterocycles. The Morgan fingerprint density at radius 2 is 2.16 bits per heavy atom. The van der Waals surface area contributed by atoms with E-state index in [4.69, 9.17) is 5.73 Å². The number of anilines is 1. The first-order chi connectivity index (χ1) is 8.97. The summed E-state index contributed by atoms with van der Waals surface area (Å²) in [5, 5.41) is 2.99. The largest absolute Gasteiger partial charge is 0.399 e. The predicted octanol–water partition coefficient (Wildman–Crippen LogP) is 2.61. The molecule has 0 atom stereocenters. The predicted molar refractivity (Wildman–Crippen MR) is 78.2 cm³/mol. The normalized spacial score (nSPS) is 10.5. The van der Waals surface area contributed by atoms with Gasteiger partial charge >= 0.3 is 0 Å². The van der Waals surface area contributed by atoms with Crippen LogP contribution in [0, 0.1) is 13.8 Å². The van der Waals surface area contributed by atoms with Crippen molar-refractivity contribution in [1.29, 1.82) is 0 Å². The molecule has 0 saturated heterocycles. The highest BCUT2D eigenvalue weighted by molar-refractivity contribution is 7.09. The lowest BCUT2D eigenvalue weighted by atomic mass is 10.1. The van der Waals surface area contributed by atoms with Crippen molar-refractivity contribution < 1.29 is 4.79 Å². The van der Waals surface area contributed by atoms with Gasteiger partial charge < -0.3 is 10.6 Å². The van der Waals surface area contributed by atoms with E-state index >= 15 is 0 Å². The zero-order valence-electron chi connectivity index (χ0n) is 11.3. The van der Waals surface area contributed by atoms with Crippen molar-refractivity contribution in [3.63, 3.8) is 0 Å². The minimum atomic E-state index is -0.0110. The van der Waals surface area contributed by atoms with Crippen molar-refractivity contribution in [3.8, 4) is 0 Å². The number of nitrogen functional groups attached to an aromatic ring is 1. The molecule has 1 aromatic carbocycles. The number of amides is 1. The number of benzene rings is 1. The molecule has 0 aliphatic carbocycles. The van der Waals surface area contributed by atoms with Gasteiger partial charge in [0.15, 0.2) is 0 Å². The second-order valence-electron chi connectivity index (χ2n) is 4.59. The van der Waals surface area contributed by atoms with Crippen LogP contribution in [0.2, 0.25) is 0 Å². The van der Waals surface area contributed by atoms with Gasteiger partial charge in [-0.15, -0.1) is 11.3 Å². The van der Waals surface area contributed by atoms with Crippen molar-refractivity contribution in [2.75, 3.05) is 12.8 Å². The molecule has 2 N–H and O–H groups in total. The Bertz CT molecular complexity index is 606. The summed E-state index contributed by atoms with van der Waals surface area (Å²) in [5.74, 6) is -0.0110. The molecular weight excluding hydrogens is 258 g/mol. The van der Waals surface area contributed by atoms with E-state index in [9.17, 15) is 4.79 Å². The van der Waals surface area contributed by atoms with Gasteiger partial charge in [0.25, 0.3) is 5.91 Å². The summed E-state index contributed by atoms with van der Waals surface area (Å²) in [6, 6.07) is 5.34. The van der Waals surface area contributed by atoms with Crippen LogP contribution in [0.4, 0.5) is 5.69 Å². The van der Waals surface area contributed by atoms with E-state index in [2.05, 4.69) is 4.98 Å². The topological polar surface area (TPSA) is 59.2 Å². The maximum Gasteiger partial charge on any atom is 0.254 e. The smallest absolute Gasteiger partial charge is 0.254 e. The molecule has 2 rings (SSSR count). The summed E-state index contributed by atoms with van der Waals surface area (Å²) in [5.41, 5.74) is 8.87. The number of aromatic nitrogens is 1. The monoisotopic (exact) mass is 275 g/mol. The summed E-state index contributed by atoms with van der Waals surface area (Å²) >= 11 is 1.59. The van der Waals surface area contributed by atoms with E-state index < -0.39 is 0 Å². The Labute approximate surface area is 116 Å². The molecule has 2 aromatic rings. The number of hydrogen-bond acceptors (Lipinski definition) is 4. The van der Waals surface area contributed by atoms with Crippen molar-refractivity contribution >= 4 is 22.9 Å². The zero-order valence-corrected chi connectivity index (χ0v) is 12.1. The van der Waals surface area contributed by atoms with Crippen LogP contribution in [-0.2, 0) is 6.54 Å². The molecule has 0 aliphatic rings. The van der Waals surface area contributed by atoms with Crippen LogP contribution in [-0.4, -0.2) is 22.8 Å². The first kappa shape index (κ1) is 13.5. The Morgan fingerprint density at radius 3 is 2.74 bits per heavy atom. The summed E-state index contributed by atoms with van der Waals surface area (Å²) in [7, 11) is 1.78. The third-order valence-corrected chi connectivity index (χ3v) is 3.72. The van der Waals surface area contributed by atoms with Crippen LogP contribution in [0.25, 0.3) is 0 Å². The number of nitrogens with two attached hydrogens (primary N) is 1. The number of nitrogens with zero attached hydrogens (tertiary/aromatic N) is 2. The van der Waals surface area contributed by atoms with Gasteiger partial charge in [-0.25, -0.2) is 4.98 Å². The van der Waals surface area contributed by atoms with E-state index in [1.807, 2.05) is 25.3 Å². The average molecular weight is 275 g/mol. The Kier molecular flexibility index (Phi) is 3.85. The van der Waals surface area contributed by atoms with Gasteiger partial charge in [-0.1, -0.05) is 0 Å². The lowest BCUT2D eigenvalue weighted by Crippen LogP contribution is -2.27. The molecular formula is C14H17N3OS. The minimum Gasteiger partial charge on any atom is -0.399 e. The minimum absolute atomic E-state index is 0.0110. The summed E-state index contributed by atoms with van der Waals surface area (Å²) in [6.45, 7) is 4.37. The molecule has 100 valence electrons. The van der Waals surface area contributed by atoms with E-state index in [-0.39, 0.29) is 5.91 Å². The number of carbonyl (C=O) groups is 1. The molecule has 0 unspecified atom stereocenters. The van der Waals surface area contributed by atoms with Gasteiger partial charge in [-0.3, -0.25) is 4.79 Å². The molecule has 0 spiro atoms. The van der Waals surface area contributed by atoms with Crippen LogP contribution in [0.15, 0.2) is 23.6 Å². The molecule has 4 nitrogen and oxygen atoms in total. The van der Waals surface area contributed by atoms with Crippen LogP contribution in [0.3, 0.4) is 0 Å². The molecule has 5 heteroatoms. The number of hydrogen-bond donors (Lipinski definition) is 1. The van der Waals surface area contributed by atoms with E-state index in [1.54, 1.807) is 35.4 Å². The lowest BCUT2D eigenvalue weighted by Gasteiger charge is -2.17. The maximum absolute atomic E-state index is 12.3. The molecule has 0 fully saturated rings. The van der Waals surface area contributed by atoms with E-state index in [1.165, 1.54) is 0 Å². The van der Waals surface area contributed by atoms with Gasteiger partial charge in [-0.2, -0.15) is 0 Å². The Hall–Kier alpha value is -1.88. The van der Waals surface area contributed by atoms with Gasteiger partial charge in [0, 0.05) is 23.7 Å². The van der Waals surface area contributed by atoms with Crippen molar-refractivity contribution in [1.82, 2.24) is 9.88 Å². The molecule has 19 heavy (non-hydrogen) atoms. The molecule has 1 amide bonds. The first-order valence-electron chi connectivity index (χ1n) is 6.00. The highest BCUT2D eigenvalue weighted by Crippen LogP contribution is 2.16. The van der Waals surface area contributed by atoms with Crippen LogP contribution in [0.1, 0.15) is 26.6 Å². The fourth-order valence-electron chi connectivity index (χ4n) is 1.93. The summed E-state index contributed by atoms with van der Waals surface area (Å²) in [6.07, 6.45) is 0. The van der Waals surface area contributed by atoms with Gasteiger partial charge in [0.05, 0.1) is 17.2 Å². The number of aryl methyl sites for hydroxylation is 2. The van der Waals surface area contributed by atoms with Gasteiger partial charge in [-0.05, 0) is 37.6 Å². The molecule has 0 saturated carbocycles. The quantitative estimate of drug-likeness (QED) is 0.876. The fourth-order valence-corrected chi connectivity index (χ4v) is 2.53. The van der Waals surface area contributed by atoms with Gasteiger partial charge in [0.1, 0.15) is 0 Å². The first-order valence-corrected chi connectivity index (χ1v) is 6.88. The second-order valence-corrected chi connectivity index (χ2v) is 5.66. The fraction of sp³-hybridized carbons (Fsp3) is 0.286. The summed E-state index contributed by atoms with van der Waals surface area (Å²) in [4.78, 5) is 18.4. The summed E-state index contributed by atoms with van der Waals surface area (Å²) < 4.78 is 0. The Morgan fingerprint density at radius 1 is 1.42 bits per heavy atom. The van der Waals surface area contributed by atoms with E-state index in [0.29, 0.717) is 17.8 Å². The van der Waals surface area contributed by atoms with Crippen LogP contribution >= 0.6 is 11.3 Å². The molecule has 0 bridgehead atoms. The number of rotatable bonds is 3. The van der Waals surface area contributed by atoms with Crippen molar-refractivity contribution in [2.24, 2.45) is 0 Å². The van der Waals surface area contributed by atoms with Crippen LogP contribution < -0.4 is 5.73 Å². The zero-order chi connectivity index (χ0) is 14.0. The number of carbonyl (C=O) groups excluding carboxylic acids is 1. The second kappa shape index (κ2) is 5.40. The average Bonchev–Trinajstić information content (AvgIpc) is 2.74.